The molecule has 0 bridgehead atoms. The van der Waals surface area contributed by atoms with Crippen LogP contribution in [0.3, 0.4) is 0 Å². The number of allylic oxidation sites excluding steroid dienone is 6. The molecule has 0 heterocycles. The fourth-order valence-electron chi connectivity index (χ4n) is 7.06. The highest BCUT2D eigenvalue weighted by Crippen LogP contribution is 2.15. The number of carbonyl (C=O) groups excluding carboxylic acids is 1. The summed E-state index contributed by atoms with van der Waals surface area (Å²) in [7, 11) is 0. The second kappa shape index (κ2) is 43.3. The van der Waals surface area contributed by atoms with Gasteiger partial charge in [-0.25, -0.2) is 0 Å². The fourth-order valence-corrected chi connectivity index (χ4v) is 7.06. The van der Waals surface area contributed by atoms with Crippen LogP contribution in [-0.2, 0) is 4.79 Å². The fraction of sp³-hybridized carbons (Fsp3) is 0.854. The molecule has 0 saturated heterocycles. The lowest BCUT2D eigenvalue weighted by atomic mass is 10.0. The third kappa shape index (κ3) is 38.6. The maximum Gasteiger partial charge on any atom is 0.220 e. The molecule has 0 spiro atoms. The van der Waals surface area contributed by atoms with Crippen LogP contribution in [0.4, 0.5) is 0 Å². The van der Waals surface area contributed by atoms with E-state index >= 15 is 0 Å². The van der Waals surface area contributed by atoms with Crippen molar-refractivity contribution in [1.29, 1.82) is 0 Å². The number of hydrogen-bond acceptors (Lipinski definition) is 4. The molecule has 53 heavy (non-hydrogen) atoms. The molecule has 5 nitrogen and oxygen atoms in total. The molecule has 0 aromatic heterocycles. The molecule has 4 N–H and O–H groups in total. The van der Waals surface area contributed by atoms with Gasteiger partial charge in [0.05, 0.1) is 18.8 Å². The first-order valence-electron chi connectivity index (χ1n) is 23.3. The molecule has 1 amide bonds. The number of unbranched alkanes of at least 4 members (excludes halogenated alkanes) is 28. The SMILES string of the molecule is CCCCCC/C=C\CCCCCCCCCC(=O)NC(CO)C(O)C(O)CCC/C=C/CC/C=C/CCCCCCCCCCCCCCCCC. The average Bonchev–Trinajstić information content (AvgIpc) is 3.16. The van der Waals surface area contributed by atoms with E-state index in [4.69, 9.17) is 0 Å². The number of carbonyl (C=O) groups is 1. The first-order valence-corrected chi connectivity index (χ1v) is 23.3. The highest BCUT2D eigenvalue weighted by atomic mass is 16.3. The van der Waals surface area contributed by atoms with Gasteiger partial charge in [-0.1, -0.05) is 192 Å². The van der Waals surface area contributed by atoms with Crippen molar-refractivity contribution >= 4 is 5.91 Å². The van der Waals surface area contributed by atoms with Gasteiger partial charge in [0.1, 0.15) is 6.10 Å². The topological polar surface area (TPSA) is 89.8 Å². The summed E-state index contributed by atoms with van der Waals surface area (Å²) in [5.74, 6) is -0.163. The Morgan fingerprint density at radius 3 is 1.17 bits per heavy atom. The van der Waals surface area contributed by atoms with Gasteiger partial charge in [-0.2, -0.15) is 0 Å². The lowest BCUT2D eigenvalue weighted by Gasteiger charge is -2.26. The van der Waals surface area contributed by atoms with Crippen molar-refractivity contribution in [3.63, 3.8) is 0 Å². The zero-order valence-corrected chi connectivity index (χ0v) is 35.4. The predicted molar refractivity (Wildman–Crippen MR) is 231 cm³/mol. The summed E-state index contributed by atoms with van der Waals surface area (Å²) in [6, 6.07) is -0.834. The van der Waals surface area contributed by atoms with E-state index in [0.717, 1.165) is 44.9 Å². The highest BCUT2D eigenvalue weighted by Gasteiger charge is 2.26. The molecule has 312 valence electrons. The van der Waals surface area contributed by atoms with Crippen molar-refractivity contribution in [1.82, 2.24) is 5.32 Å². The molecular formula is C48H91NO4. The van der Waals surface area contributed by atoms with Crippen LogP contribution < -0.4 is 5.32 Å². The minimum Gasteiger partial charge on any atom is -0.394 e. The molecule has 5 heteroatoms. The van der Waals surface area contributed by atoms with E-state index in [1.54, 1.807) is 0 Å². The smallest absolute Gasteiger partial charge is 0.220 e. The largest absolute Gasteiger partial charge is 0.394 e. The van der Waals surface area contributed by atoms with Gasteiger partial charge in [-0.05, 0) is 77.0 Å². The van der Waals surface area contributed by atoms with Crippen LogP contribution in [0, 0.1) is 0 Å². The normalized spacial score (nSPS) is 13.8. The highest BCUT2D eigenvalue weighted by molar-refractivity contribution is 5.76. The van der Waals surface area contributed by atoms with Crippen LogP contribution in [0.1, 0.15) is 239 Å². The summed E-state index contributed by atoms with van der Waals surface area (Å²) in [6.45, 7) is 4.16. The quantitative estimate of drug-likeness (QED) is 0.0370. The Balaban J connectivity index is 3.67. The van der Waals surface area contributed by atoms with Gasteiger partial charge < -0.3 is 20.6 Å². The molecule has 3 atom stereocenters. The van der Waals surface area contributed by atoms with Crippen LogP contribution in [0.2, 0.25) is 0 Å². The van der Waals surface area contributed by atoms with Crippen molar-refractivity contribution < 1.29 is 20.1 Å². The Kier molecular flexibility index (Phi) is 42.1. The zero-order valence-electron chi connectivity index (χ0n) is 35.4. The van der Waals surface area contributed by atoms with Gasteiger partial charge in [0, 0.05) is 6.42 Å². The second-order valence-electron chi connectivity index (χ2n) is 15.9. The molecule has 0 aliphatic carbocycles. The molecule has 0 saturated carbocycles. The van der Waals surface area contributed by atoms with E-state index in [1.807, 2.05) is 0 Å². The van der Waals surface area contributed by atoms with Crippen LogP contribution in [0.25, 0.3) is 0 Å². The molecule has 0 aromatic rings. The average molecular weight is 746 g/mol. The summed E-state index contributed by atoms with van der Waals surface area (Å²) in [6.07, 6.45) is 54.1. The summed E-state index contributed by atoms with van der Waals surface area (Å²) in [4.78, 5) is 12.4. The van der Waals surface area contributed by atoms with Crippen molar-refractivity contribution in [2.24, 2.45) is 0 Å². The first-order chi connectivity index (χ1) is 26.1. The van der Waals surface area contributed by atoms with E-state index < -0.39 is 18.2 Å². The zero-order chi connectivity index (χ0) is 38.7. The van der Waals surface area contributed by atoms with Gasteiger partial charge in [0.25, 0.3) is 0 Å². The molecule has 0 aliphatic heterocycles. The van der Waals surface area contributed by atoms with Gasteiger partial charge in [-0.3, -0.25) is 4.79 Å². The minimum absolute atomic E-state index is 0.163. The lowest BCUT2D eigenvalue weighted by Crippen LogP contribution is -2.50. The minimum atomic E-state index is -1.17. The van der Waals surface area contributed by atoms with Crippen LogP contribution in [0.5, 0.6) is 0 Å². The third-order valence-corrected chi connectivity index (χ3v) is 10.7. The van der Waals surface area contributed by atoms with Gasteiger partial charge >= 0.3 is 0 Å². The molecule has 0 aliphatic rings. The number of rotatable bonds is 42. The number of hydrogen-bond donors (Lipinski definition) is 4. The summed E-state index contributed by atoms with van der Waals surface area (Å²) < 4.78 is 0. The number of amides is 1. The summed E-state index contributed by atoms with van der Waals surface area (Å²) >= 11 is 0. The number of aliphatic hydroxyl groups excluding tert-OH is 3. The van der Waals surface area contributed by atoms with Gasteiger partial charge in [0.15, 0.2) is 0 Å². The third-order valence-electron chi connectivity index (χ3n) is 10.7. The van der Waals surface area contributed by atoms with E-state index in [-0.39, 0.29) is 12.5 Å². The standard InChI is InChI=1S/C48H91NO4/c1-3-5-7-9-11-13-15-17-19-20-21-22-23-24-25-26-27-29-30-32-34-36-38-40-42-46(51)48(53)45(44-50)49-47(52)43-41-39-37-35-33-31-28-18-16-14-12-10-8-6-4-2/h14,16,27,29,34,36,45-46,48,50-51,53H,3-13,15,17-26,28,30-33,35,37-44H2,1-2H3,(H,49,52)/b16-14-,29-27+,36-34+. The maximum atomic E-state index is 12.4. The number of aliphatic hydroxyl groups is 3. The second-order valence-corrected chi connectivity index (χ2v) is 15.9. The van der Waals surface area contributed by atoms with E-state index in [0.29, 0.717) is 12.8 Å². The Hall–Kier alpha value is -1.43. The van der Waals surface area contributed by atoms with E-state index in [9.17, 15) is 20.1 Å². The van der Waals surface area contributed by atoms with Crippen molar-refractivity contribution in [3.05, 3.63) is 36.5 Å². The van der Waals surface area contributed by atoms with Crippen LogP contribution >= 0.6 is 0 Å². The number of nitrogens with one attached hydrogen (secondary N) is 1. The monoisotopic (exact) mass is 746 g/mol. The lowest BCUT2D eigenvalue weighted by molar-refractivity contribution is -0.124. The predicted octanol–water partition coefficient (Wildman–Crippen LogP) is 13.5. The van der Waals surface area contributed by atoms with Crippen LogP contribution in [0.15, 0.2) is 36.5 Å². The van der Waals surface area contributed by atoms with E-state index in [1.165, 1.54) is 167 Å². The summed E-state index contributed by atoms with van der Waals surface area (Å²) in [5, 5.41) is 33.5. The molecular weight excluding hydrogens is 655 g/mol. The Labute approximate surface area is 330 Å². The van der Waals surface area contributed by atoms with Gasteiger partial charge in [-0.15, -0.1) is 0 Å². The Morgan fingerprint density at radius 2 is 0.774 bits per heavy atom. The van der Waals surface area contributed by atoms with Gasteiger partial charge in [0.2, 0.25) is 5.91 Å². The maximum absolute atomic E-state index is 12.4. The molecule has 0 rings (SSSR count). The van der Waals surface area contributed by atoms with Crippen LogP contribution in [-0.4, -0.2) is 46.1 Å². The van der Waals surface area contributed by atoms with E-state index in [2.05, 4.69) is 55.6 Å². The molecule has 3 unspecified atom stereocenters. The molecule has 0 aromatic carbocycles. The van der Waals surface area contributed by atoms with Crippen molar-refractivity contribution in [2.75, 3.05) is 6.61 Å². The Morgan fingerprint density at radius 1 is 0.453 bits per heavy atom. The van der Waals surface area contributed by atoms with Crippen molar-refractivity contribution in [3.8, 4) is 0 Å². The Bertz CT molecular complexity index is 824. The van der Waals surface area contributed by atoms with Crippen molar-refractivity contribution in [2.45, 2.75) is 257 Å². The summed E-state index contributed by atoms with van der Waals surface area (Å²) in [5.41, 5.74) is 0. The first kappa shape index (κ1) is 51.6. The molecule has 0 radical (unpaired) electrons. The molecule has 0 fully saturated rings.